The lowest BCUT2D eigenvalue weighted by atomic mass is 9.83. The Bertz CT molecular complexity index is 401. The van der Waals surface area contributed by atoms with Gasteiger partial charge in [-0.05, 0) is 25.3 Å². The summed E-state index contributed by atoms with van der Waals surface area (Å²) in [7, 11) is -4.05. The molecule has 1 rings (SSSR count). The van der Waals surface area contributed by atoms with Crippen molar-refractivity contribution in [3.63, 3.8) is 0 Å². The molecule has 0 aromatic heterocycles. The van der Waals surface area contributed by atoms with Crippen LogP contribution in [0.2, 0.25) is 0 Å². The molecule has 0 bridgehead atoms. The van der Waals surface area contributed by atoms with Crippen molar-refractivity contribution in [3.8, 4) is 0 Å². The Morgan fingerprint density at radius 1 is 1.21 bits per heavy atom. The Balaban J connectivity index is 3.35. The van der Waals surface area contributed by atoms with E-state index in [1.54, 1.807) is 6.92 Å². The molecule has 0 amide bonds. The van der Waals surface area contributed by atoms with Crippen LogP contribution >= 0.6 is 0 Å². The molecule has 1 aliphatic rings. The normalized spacial score (nSPS) is 29.1. The van der Waals surface area contributed by atoms with Crippen LogP contribution in [0.15, 0.2) is 22.1 Å². The number of hydrogen-bond donors (Lipinski definition) is 1. The van der Waals surface area contributed by atoms with Crippen LogP contribution in [0.4, 0.5) is 0 Å². The molecule has 2 atom stereocenters. The van der Waals surface area contributed by atoms with Crippen LogP contribution in [0.1, 0.15) is 27.7 Å². The highest BCUT2D eigenvalue weighted by Gasteiger charge is 2.30. The fourth-order valence-corrected chi connectivity index (χ4v) is 3.10. The van der Waals surface area contributed by atoms with Gasteiger partial charge in [0.2, 0.25) is 0 Å². The SMILES string of the molecule is CC1=CC(C)=C(S(=O)(=O)O)C(C)C1C. The number of allylic oxidation sites excluding steroid dienone is 4. The van der Waals surface area contributed by atoms with Crippen molar-refractivity contribution in [1.29, 1.82) is 0 Å². The molecule has 0 aromatic carbocycles. The van der Waals surface area contributed by atoms with Crippen LogP contribution in [0.3, 0.4) is 0 Å². The first-order chi connectivity index (χ1) is 6.25. The van der Waals surface area contributed by atoms with Gasteiger partial charge in [0.25, 0.3) is 10.1 Å². The summed E-state index contributed by atoms with van der Waals surface area (Å²) >= 11 is 0. The van der Waals surface area contributed by atoms with E-state index in [1.165, 1.54) is 0 Å². The first kappa shape index (κ1) is 11.5. The molecular weight excluding hydrogens is 200 g/mol. The quantitative estimate of drug-likeness (QED) is 0.685. The largest absolute Gasteiger partial charge is 0.291 e. The van der Waals surface area contributed by atoms with Crippen LogP contribution < -0.4 is 0 Å². The standard InChI is InChI=1S/C10H16O3S/c1-6-5-7(2)10(14(11,12)13)9(4)8(6)3/h5,8-9H,1-4H3,(H,11,12,13). The van der Waals surface area contributed by atoms with Gasteiger partial charge in [-0.2, -0.15) is 8.42 Å². The van der Waals surface area contributed by atoms with E-state index in [-0.39, 0.29) is 16.7 Å². The topological polar surface area (TPSA) is 54.4 Å². The molecule has 0 radical (unpaired) electrons. The molecule has 0 aliphatic heterocycles. The Kier molecular flexibility index (Phi) is 2.88. The Morgan fingerprint density at radius 3 is 2.14 bits per heavy atom. The fraction of sp³-hybridized carbons (Fsp3) is 0.600. The zero-order valence-corrected chi connectivity index (χ0v) is 9.72. The van der Waals surface area contributed by atoms with Crippen molar-refractivity contribution >= 4 is 10.1 Å². The lowest BCUT2D eigenvalue weighted by Crippen LogP contribution is -2.22. The third-order valence-electron chi connectivity index (χ3n) is 2.99. The lowest BCUT2D eigenvalue weighted by molar-refractivity contribution is 0.458. The van der Waals surface area contributed by atoms with Crippen molar-refractivity contribution in [2.75, 3.05) is 0 Å². The van der Waals surface area contributed by atoms with E-state index in [2.05, 4.69) is 0 Å². The molecule has 1 aliphatic carbocycles. The van der Waals surface area contributed by atoms with Gasteiger partial charge in [-0.1, -0.05) is 25.5 Å². The summed E-state index contributed by atoms with van der Waals surface area (Å²) in [5, 5.41) is 0. The van der Waals surface area contributed by atoms with E-state index in [0.717, 1.165) is 5.57 Å². The second-order valence-corrected chi connectivity index (χ2v) is 5.38. The molecule has 14 heavy (non-hydrogen) atoms. The van der Waals surface area contributed by atoms with Gasteiger partial charge < -0.3 is 0 Å². The van der Waals surface area contributed by atoms with E-state index >= 15 is 0 Å². The molecule has 2 unspecified atom stereocenters. The predicted octanol–water partition coefficient (Wildman–Crippen LogP) is 2.38. The third kappa shape index (κ3) is 1.91. The highest BCUT2D eigenvalue weighted by atomic mass is 32.2. The Labute approximate surface area is 85.3 Å². The average Bonchev–Trinajstić information content (AvgIpc) is 1.97. The van der Waals surface area contributed by atoms with Crippen molar-refractivity contribution in [1.82, 2.24) is 0 Å². The Hall–Kier alpha value is -0.610. The minimum atomic E-state index is -4.05. The van der Waals surface area contributed by atoms with Crippen LogP contribution in [-0.2, 0) is 10.1 Å². The van der Waals surface area contributed by atoms with Gasteiger partial charge in [-0.3, -0.25) is 4.55 Å². The third-order valence-corrected chi connectivity index (χ3v) is 4.24. The molecule has 0 aromatic rings. The minimum Gasteiger partial charge on any atom is -0.282 e. The Morgan fingerprint density at radius 2 is 1.71 bits per heavy atom. The van der Waals surface area contributed by atoms with Crippen molar-refractivity contribution in [3.05, 3.63) is 22.1 Å². The maximum Gasteiger partial charge on any atom is 0.291 e. The summed E-state index contributed by atoms with van der Waals surface area (Å²) in [5.41, 5.74) is 1.80. The molecule has 1 N–H and O–H groups in total. The maximum atomic E-state index is 11.1. The van der Waals surface area contributed by atoms with E-state index in [4.69, 9.17) is 4.55 Å². The van der Waals surface area contributed by atoms with Gasteiger partial charge in [0, 0.05) is 5.92 Å². The van der Waals surface area contributed by atoms with Crippen LogP contribution in [0.5, 0.6) is 0 Å². The van der Waals surface area contributed by atoms with Crippen LogP contribution in [0.25, 0.3) is 0 Å². The summed E-state index contributed by atoms with van der Waals surface area (Å²) in [4.78, 5) is 0.163. The van der Waals surface area contributed by atoms with Crippen molar-refractivity contribution < 1.29 is 13.0 Å². The molecule has 80 valence electrons. The van der Waals surface area contributed by atoms with E-state index in [9.17, 15) is 8.42 Å². The van der Waals surface area contributed by atoms with E-state index in [1.807, 2.05) is 26.8 Å². The highest BCUT2D eigenvalue weighted by Crippen LogP contribution is 2.36. The minimum absolute atomic E-state index is 0.144. The van der Waals surface area contributed by atoms with Crippen LogP contribution in [-0.4, -0.2) is 13.0 Å². The summed E-state index contributed by atoms with van der Waals surface area (Å²) in [6, 6.07) is 0. The molecule has 0 saturated heterocycles. The van der Waals surface area contributed by atoms with E-state index < -0.39 is 10.1 Å². The molecule has 3 nitrogen and oxygen atoms in total. The second-order valence-electron chi connectivity index (χ2n) is 3.99. The zero-order valence-electron chi connectivity index (χ0n) is 8.90. The van der Waals surface area contributed by atoms with Gasteiger partial charge in [0.1, 0.15) is 0 Å². The van der Waals surface area contributed by atoms with Gasteiger partial charge in [-0.25, -0.2) is 0 Å². The van der Waals surface area contributed by atoms with Crippen LogP contribution in [0, 0.1) is 11.8 Å². The molecule has 0 spiro atoms. The summed E-state index contributed by atoms with van der Waals surface area (Å²) < 4.78 is 31.3. The first-order valence-corrected chi connectivity index (χ1v) is 6.05. The summed E-state index contributed by atoms with van der Waals surface area (Å²) in [5.74, 6) is 0.0191. The zero-order chi connectivity index (χ0) is 11.1. The highest BCUT2D eigenvalue weighted by molar-refractivity contribution is 7.89. The number of rotatable bonds is 1. The van der Waals surface area contributed by atoms with Gasteiger partial charge in [-0.15, -0.1) is 0 Å². The van der Waals surface area contributed by atoms with E-state index in [0.29, 0.717) is 5.57 Å². The van der Waals surface area contributed by atoms with Crippen molar-refractivity contribution in [2.24, 2.45) is 11.8 Å². The molecule has 4 heteroatoms. The summed E-state index contributed by atoms with van der Waals surface area (Å²) in [6.07, 6.45) is 1.83. The van der Waals surface area contributed by atoms with Gasteiger partial charge >= 0.3 is 0 Å². The maximum absolute atomic E-state index is 11.1. The molecule has 0 fully saturated rings. The van der Waals surface area contributed by atoms with Gasteiger partial charge in [0.05, 0.1) is 4.91 Å². The monoisotopic (exact) mass is 216 g/mol. The molecular formula is C10H16O3S. The fourth-order valence-electron chi connectivity index (χ4n) is 1.96. The molecule has 0 saturated carbocycles. The second kappa shape index (κ2) is 3.51. The first-order valence-electron chi connectivity index (χ1n) is 4.61. The van der Waals surface area contributed by atoms with Crippen molar-refractivity contribution in [2.45, 2.75) is 27.7 Å². The number of hydrogen-bond acceptors (Lipinski definition) is 2. The smallest absolute Gasteiger partial charge is 0.282 e. The molecule has 0 heterocycles. The van der Waals surface area contributed by atoms with Gasteiger partial charge in [0.15, 0.2) is 0 Å². The lowest BCUT2D eigenvalue weighted by Gasteiger charge is -2.27. The summed E-state index contributed by atoms with van der Waals surface area (Å²) in [6.45, 7) is 7.49. The average molecular weight is 216 g/mol. The predicted molar refractivity (Wildman–Crippen MR) is 56.3 cm³/mol.